The van der Waals surface area contributed by atoms with E-state index in [1.54, 1.807) is 4.90 Å². The zero-order chi connectivity index (χ0) is 17.7. The van der Waals surface area contributed by atoms with Crippen LogP contribution in [0.25, 0.3) is 0 Å². The predicted molar refractivity (Wildman–Crippen MR) is 89.9 cm³/mol. The number of hydrogen-bond acceptors (Lipinski definition) is 4. The van der Waals surface area contributed by atoms with Crippen molar-refractivity contribution < 1.29 is 14.4 Å². The van der Waals surface area contributed by atoms with E-state index in [2.05, 4.69) is 10.6 Å². The van der Waals surface area contributed by atoms with Gasteiger partial charge in [-0.05, 0) is 25.7 Å². The van der Waals surface area contributed by atoms with Crippen LogP contribution in [0.4, 0.5) is 0 Å². The Labute approximate surface area is 139 Å². The van der Waals surface area contributed by atoms with E-state index in [9.17, 15) is 14.4 Å². The number of carbonyl (C=O) groups excluding carboxylic acids is 3. The van der Waals surface area contributed by atoms with Crippen LogP contribution in [-0.2, 0) is 14.4 Å². The molecule has 2 aliphatic heterocycles. The first-order valence-corrected chi connectivity index (χ1v) is 8.68. The third kappa shape index (κ3) is 4.53. The van der Waals surface area contributed by atoms with Gasteiger partial charge in [-0.15, -0.1) is 0 Å². The molecule has 6 nitrogen and oxygen atoms in total. The fourth-order valence-electron chi connectivity index (χ4n) is 3.36. The average molecular weight is 325 g/mol. The molecule has 132 valence electrons. The number of amides is 2. The lowest BCUT2D eigenvalue weighted by molar-refractivity contribution is -0.140. The first-order chi connectivity index (χ1) is 10.8. The van der Waals surface area contributed by atoms with Crippen LogP contribution in [0.2, 0.25) is 0 Å². The van der Waals surface area contributed by atoms with Gasteiger partial charge < -0.3 is 15.5 Å². The van der Waals surface area contributed by atoms with Crippen molar-refractivity contribution in [3.8, 4) is 0 Å². The minimum atomic E-state index is -0.537. The molecule has 0 aromatic carbocycles. The van der Waals surface area contributed by atoms with Crippen LogP contribution in [0, 0.1) is 5.92 Å². The first-order valence-electron chi connectivity index (χ1n) is 8.68. The van der Waals surface area contributed by atoms with Crippen molar-refractivity contribution >= 4 is 17.6 Å². The predicted octanol–water partition coefficient (Wildman–Crippen LogP) is 1.09. The average Bonchev–Trinajstić information content (AvgIpc) is 3.00. The van der Waals surface area contributed by atoms with Crippen LogP contribution in [0.3, 0.4) is 0 Å². The highest BCUT2D eigenvalue weighted by Gasteiger charge is 2.49. The molecule has 2 fully saturated rings. The summed E-state index contributed by atoms with van der Waals surface area (Å²) in [5, 5.41) is 5.97. The van der Waals surface area contributed by atoms with Gasteiger partial charge in [0.1, 0.15) is 12.1 Å². The van der Waals surface area contributed by atoms with Gasteiger partial charge in [-0.2, -0.15) is 0 Å². The summed E-state index contributed by atoms with van der Waals surface area (Å²) < 4.78 is 0. The minimum absolute atomic E-state index is 0.0634. The Hall–Kier alpha value is -1.43. The number of nitrogens with one attached hydrogen (secondary N) is 2. The van der Waals surface area contributed by atoms with E-state index in [4.69, 9.17) is 0 Å². The molecular weight excluding hydrogens is 294 g/mol. The largest absolute Gasteiger partial charge is 0.345 e. The van der Waals surface area contributed by atoms with Crippen LogP contribution in [0.1, 0.15) is 54.4 Å². The summed E-state index contributed by atoms with van der Waals surface area (Å²) in [6.07, 6.45) is 1.38. The summed E-state index contributed by atoms with van der Waals surface area (Å²) in [6.45, 7) is 11.9. The quantitative estimate of drug-likeness (QED) is 0.811. The lowest BCUT2D eigenvalue weighted by Gasteiger charge is -2.28. The number of rotatable bonds is 4. The number of likely N-dealkylation sites (tertiary alicyclic amines) is 1. The highest BCUT2D eigenvalue weighted by molar-refractivity contribution is 5.97. The van der Waals surface area contributed by atoms with Crippen molar-refractivity contribution in [1.82, 2.24) is 15.5 Å². The molecule has 2 amide bonds. The summed E-state index contributed by atoms with van der Waals surface area (Å²) >= 11 is 0. The molecule has 2 N–H and O–H groups in total. The van der Waals surface area contributed by atoms with Gasteiger partial charge in [0.25, 0.3) is 0 Å². The number of ketones is 1. The molecule has 2 aliphatic rings. The molecule has 2 saturated heterocycles. The second-order valence-corrected chi connectivity index (χ2v) is 6.55. The Morgan fingerprint density at radius 2 is 1.96 bits per heavy atom. The van der Waals surface area contributed by atoms with Gasteiger partial charge in [0.05, 0.1) is 6.04 Å². The summed E-state index contributed by atoms with van der Waals surface area (Å²) in [5.41, 5.74) is 0. The van der Waals surface area contributed by atoms with Gasteiger partial charge in [-0.1, -0.05) is 27.7 Å². The molecule has 0 spiro atoms. The molecular formula is C17H31N3O3. The maximum Gasteiger partial charge on any atom is 0.245 e. The van der Waals surface area contributed by atoms with Gasteiger partial charge >= 0.3 is 0 Å². The lowest BCUT2D eigenvalue weighted by Crippen LogP contribution is -2.52. The van der Waals surface area contributed by atoms with Gasteiger partial charge in [0.15, 0.2) is 5.78 Å². The van der Waals surface area contributed by atoms with Crippen LogP contribution in [0.5, 0.6) is 0 Å². The fourth-order valence-corrected chi connectivity index (χ4v) is 3.36. The standard InChI is InChI=1S/C15H25N3O3.C2H6/c1-8(2)7-12(17-10(4)19)15(21)18-6-5-11-13(18)14(20)9(3)16-11;1-2/h8-9,11-13,16H,5-7H2,1-4H3,(H,17,19);1-2H3. The van der Waals surface area contributed by atoms with E-state index < -0.39 is 6.04 Å². The second kappa shape index (κ2) is 8.43. The molecule has 23 heavy (non-hydrogen) atoms. The maximum atomic E-state index is 12.7. The Morgan fingerprint density at radius 1 is 1.35 bits per heavy atom. The maximum absolute atomic E-state index is 12.7. The number of Topliss-reactive ketones (excluding diaryl/α,β-unsaturated/α-hetero) is 1. The molecule has 4 atom stereocenters. The summed E-state index contributed by atoms with van der Waals surface area (Å²) in [4.78, 5) is 38.0. The molecule has 2 rings (SSSR count). The SMILES string of the molecule is CC.CC(=O)NC(CC(C)C)C(=O)N1CCC2NC(C)C(=O)C21. The zero-order valence-corrected chi connectivity index (χ0v) is 15.2. The Balaban J connectivity index is 0.00000127. The number of hydrogen-bond donors (Lipinski definition) is 2. The Bertz CT molecular complexity index is 450. The molecule has 0 aromatic heterocycles. The molecule has 2 heterocycles. The van der Waals surface area contributed by atoms with Crippen molar-refractivity contribution in [2.75, 3.05) is 6.54 Å². The number of nitrogens with zero attached hydrogens (tertiary/aromatic N) is 1. The van der Waals surface area contributed by atoms with Crippen molar-refractivity contribution in [1.29, 1.82) is 0 Å². The second-order valence-electron chi connectivity index (χ2n) is 6.55. The van der Waals surface area contributed by atoms with Crippen LogP contribution in [0.15, 0.2) is 0 Å². The third-order valence-corrected chi connectivity index (χ3v) is 4.25. The Morgan fingerprint density at radius 3 is 2.48 bits per heavy atom. The van der Waals surface area contributed by atoms with Crippen LogP contribution in [-0.4, -0.2) is 53.2 Å². The molecule has 0 aliphatic carbocycles. The van der Waals surface area contributed by atoms with Crippen molar-refractivity contribution in [2.24, 2.45) is 5.92 Å². The number of carbonyl (C=O) groups is 3. The molecule has 0 radical (unpaired) electrons. The molecule has 0 saturated carbocycles. The van der Waals surface area contributed by atoms with E-state index >= 15 is 0 Å². The zero-order valence-electron chi connectivity index (χ0n) is 15.2. The van der Waals surface area contributed by atoms with Crippen molar-refractivity contribution in [3.05, 3.63) is 0 Å². The van der Waals surface area contributed by atoms with Gasteiger partial charge in [0, 0.05) is 19.5 Å². The smallest absolute Gasteiger partial charge is 0.245 e. The van der Waals surface area contributed by atoms with Crippen LogP contribution < -0.4 is 10.6 Å². The molecule has 4 unspecified atom stereocenters. The minimum Gasteiger partial charge on any atom is -0.345 e. The van der Waals surface area contributed by atoms with Gasteiger partial charge in [-0.25, -0.2) is 0 Å². The fraction of sp³-hybridized carbons (Fsp3) is 0.824. The monoisotopic (exact) mass is 325 g/mol. The summed E-state index contributed by atoms with van der Waals surface area (Å²) in [6, 6.07) is -1.03. The molecule has 0 bridgehead atoms. The highest BCUT2D eigenvalue weighted by Crippen LogP contribution is 2.27. The van der Waals surface area contributed by atoms with E-state index in [0.717, 1.165) is 6.42 Å². The summed E-state index contributed by atoms with van der Waals surface area (Å²) in [7, 11) is 0. The molecule has 0 aromatic rings. The van der Waals surface area contributed by atoms with Gasteiger partial charge in [-0.3, -0.25) is 14.4 Å². The normalized spacial score (nSPS) is 27.3. The lowest BCUT2D eigenvalue weighted by atomic mass is 10.0. The van der Waals surface area contributed by atoms with Crippen molar-refractivity contribution in [3.63, 3.8) is 0 Å². The summed E-state index contributed by atoms with van der Waals surface area (Å²) in [5.74, 6) is 0.0298. The first kappa shape index (κ1) is 19.6. The van der Waals surface area contributed by atoms with E-state index in [-0.39, 0.29) is 35.7 Å². The topological polar surface area (TPSA) is 78.5 Å². The molecule has 6 heteroatoms. The highest BCUT2D eigenvalue weighted by atomic mass is 16.2. The van der Waals surface area contributed by atoms with Crippen LogP contribution >= 0.6 is 0 Å². The number of fused-ring (bicyclic) bond motifs is 1. The Kier molecular flexibility index (Phi) is 7.19. The van der Waals surface area contributed by atoms with E-state index in [0.29, 0.717) is 18.9 Å². The van der Waals surface area contributed by atoms with Gasteiger partial charge in [0.2, 0.25) is 11.8 Å². The van der Waals surface area contributed by atoms with E-state index in [1.807, 2.05) is 34.6 Å². The van der Waals surface area contributed by atoms with Crippen molar-refractivity contribution in [2.45, 2.75) is 78.6 Å². The third-order valence-electron chi connectivity index (χ3n) is 4.25. The van der Waals surface area contributed by atoms with E-state index in [1.165, 1.54) is 6.92 Å².